The number of rotatable bonds is 6. The fourth-order valence-electron chi connectivity index (χ4n) is 0.792. The minimum atomic E-state index is 0.0574. The Bertz CT molecular complexity index is 218. The van der Waals surface area contributed by atoms with Crippen LogP contribution in [0.3, 0.4) is 0 Å². The number of nitrogens with zero attached hydrogens (tertiary/aromatic N) is 2. The minimum absolute atomic E-state index is 0.0574. The van der Waals surface area contributed by atoms with Gasteiger partial charge in [-0.25, -0.2) is 9.97 Å². The van der Waals surface area contributed by atoms with E-state index in [9.17, 15) is 0 Å². The lowest BCUT2D eigenvalue weighted by molar-refractivity contribution is 0.0991. The molecule has 2 N–H and O–H groups in total. The normalized spacial score (nSPS) is 9.92. The first-order valence-electron chi connectivity index (χ1n) is 4.13. The molecule has 13 heavy (non-hydrogen) atoms. The first kappa shape index (κ1) is 9.88. The van der Waals surface area contributed by atoms with Gasteiger partial charge in [-0.2, -0.15) is 0 Å². The Hall–Kier alpha value is -1.20. The molecule has 0 saturated carbocycles. The maximum atomic E-state index is 8.41. The Labute approximate surface area is 76.8 Å². The number of aliphatic hydroxyl groups is 1. The third-order valence-electron chi connectivity index (χ3n) is 1.33. The Morgan fingerprint density at radius 1 is 1.31 bits per heavy atom. The van der Waals surface area contributed by atoms with Crippen molar-refractivity contribution in [3.8, 4) is 0 Å². The number of aliphatic hydroxyl groups excluding tert-OH is 1. The first-order chi connectivity index (χ1) is 6.43. The van der Waals surface area contributed by atoms with Crippen LogP contribution in [0.4, 0.5) is 5.95 Å². The molecule has 0 atom stereocenters. The molecule has 0 fully saturated rings. The van der Waals surface area contributed by atoms with Crippen molar-refractivity contribution in [1.82, 2.24) is 9.97 Å². The van der Waals surface area contributed by atoms with E-state index in [-0.39, 0.29) is 6.61 Å². The molecule has 0 aliphatic rings. The standard InChI is InChI=1S/C8H13N3O2/c12-5-7-13-6-4-11-8-9-2-1-3-10-8/h1-3,12H,4-7H2,(H,9,10,11). The highest BCUT2D eigenvalue weighted by molar-refractivity contribution is 5.21. The van der Waals surface area contributed by atoms with E-state index in [0.717, 1.165) is 0 Å². The predicted molar refractivity (Wildman–Crippen MR) is 48.4 cm³/mol. The zero-order valence-electron chi connectivity index (χ0n) is 7.31. The van der Waals surface area contributed by atoms with Crippen molar-refractivity contribution >= 4 is 5.95 Å². The number of nitrogens with one attached hydrogen (secondary N) is 1. The molecule has 0 aliphatic carbocycles. The lowest BCUT2D eigenvalue weighted by Crippen LogP contribution is -2.12. The van der Waals surface area contributed by atoms with Crippen LogP contribution in [0.15, 0.2) is 18.5 Å². The van der Waals surface area contributed by atoms with Gasteiger partial charge < -0.3 is 15.2 Å². The Balaban J connectivity index is 2.07. The van der Waals surface area contributed by atoms with E-state index in [0.29, 0.717) is 25.7 Å². The number of anilines is 1. The monoisotopic (exact) mass is 183 g/mol. The van der Waals surface area contributed by atoms with Crippen molar-refractivity contribution in [2.75, 3.05) is 31.7 Å². The summed E-state index contributed by atoms with van der Waals surface area (Å²) in [6.07, 6.45) is 3.34. The first-order valence-corrected chi connectivity index (χ1v) is 4.13. The second kappa shape index (κ2) is 6.33. The maximum Gasteiger partial charge on any atom is 0.222 e. The second-order valence-electron chi connectivity index (χ2n) is 2.34. The molecule has 0 aliphatic heterocycles. The van der Waals surface area contributed by atoms with Crippen LogP contribution in [0.1, 0.15) is 0 Å². The third kappa shape index (κ3) is 4.39. The molecule has 0 spiro atoms. The van der Waals surface area contributed by atoms with Crippen molar-refractivity contribution in [1.29, 1.82) is 0 Å². The Kier molecular flexibility index (Phi) is 4.81. The molecule has 0 unspecified atom stereocenters. The molecule has 72 valence electrons. The average molecular weight is 183 g/mol. The fraction of sp³-hybridized carbons (Fsp3) is 0.500. The molecule has 5 heteroatoms. The maximum absolute atomic E-state index is 8.41. The summed E-state index contributed by atoms with van der Waals surface area (Å²) in [5, 5.41) is 11.4. The highest BCUT2D eigenvalue weighted by Gasteiger charge is 1.91. The zero-order valence-corrected chi connectivity index (χ0v) is 7.31. The summed E-state index contributed by atoms with van der Waals surface area (Å²) >= 11 is 0. The highest BCUT2D eigenvalue weighted by atomic mass is 16.5. The molecule has 5 nitrogen and oxygen atoms in total. The van der Waals surface area contributed by atoms with E-state index in [2.05, 4.69) is 15.3 Å². The third-order valence-corrected chi connectivity index (χ3v) is 1.33. The fourth-order valence-corrected chi connectivity index (χ4v) is 0.792. The molecule has 0 aromatic carbocycles. The van der Waals surface area contributed by atoms with Gasteiger partial charge in [0.15, 0.2) is 0 Å². The van der Waals surface area contributed by atoms with Gasteiger partial charge in [0.25, 0.3) is 0 Å². The molecule has 0 saturated heterocycles. The number of hydrogen-bond acceptors (Lipinski definition) is 5. The van der Waals surface area contributed by atoms with Gasteiger partial charge in [-0.15, -0.1) is 0 Å². The lowest BCUT2D eigenvalue weighted by atomic mass is 10.6. The summed E-state index contributed by atoms with van der Waals surface area (Å²) in [6.45, 7) is 1.61. The molecule has 0 amide bonds. The Morgan fingerprint density at radius 3 is 2.77 bits per heavy atom. The molecule has 0 bridgehead atoms. The van der Waals surface area contributed by atoms with Gasteiger partial charge in [0.2, 0.25) is 5.95 Å². The van der Waals surface area contributed by atoms with E-state index in [1.807, 2.05) is 0 Å². The van der Waals surface area contributed by atoms with E-state index in [4.69, 9.17) is 9.84 Å². The molecule has 0 radical (unpaired) electrons. The van der Waals surface area contributed by atoms with Gasteiger partial charge in [-0.05, 0) is 6.07 Å². The summed E-state index contributed by atoms with van der Waals surface area (Å²) in [5.41, 5.74) is 0. The van der Waals surface area contributed by atoms with E-state index < -0.39 is 0 Å². The summed E-state index contributed by atoms with van der Waals surface area (Å²) < 4.78 is 5.04. The smallest absolute Gasteiger partial charge is 0.222 e. The average Bonchev–Trinajstić information content (AvgIpc) is 2.19. The molecular formula is C8H13N3O2. The van der Waals surface area contributed by atoms with Crippen LogP contribution < -0.4 is 5.32 Å². The lowest BCUT2D eigenvalue weighted by Gasteiger charge is -2.03. The second-order valence-corrected chi connectivity index (χ2v) is 2.34. The molecule has 1 aromatic rings. The largest absolute Gasteiger partial charge is 0.394 e. The van der Waals surface area contributed by atoms with Crippen LogP contribution in [0.2, 0.25) is 0 Å². The van der Waals surface area contributed by atoms with Gasteiger partial charge in [-0.1, -0.05) is 0 Å². The molecule has 1 heterocycles. The van der Waals surface area contributed by atoms with Crippen LogP contribution in [0.5, 0.6) is 0 Å². The zero-order chi connectivity index (χ0) is 9.36. The van der Waals surface area contributed by atoms with Crippen LogP contribution in [0, 0.1) is 0 Å². The van der Waals surface area contributed by atoms with Gasteiger partial charge in [0.05, 0.1) is 19.8 Å². The number of ether oxygens (including phenoxy) is 1. The van der Waals surface area contributed by atoms with Gasteiger partial charge in [0, 0.05) is 18.9 Å². The topological polar surface area (TPSA) is 67.3 Å². The van der Waals surface area contributed by atoms with Crippen molar-refractivity contribution in [2.45, 2.75) is 0 Å². The quantitative estimate of drug-likeness (QED) is 0.603. The van der Waals surface area contributed by atoms with Crippen molar-refractivity contribution < 1.29 is 9.84 Å². The Morgan fingerprint density at radius 2 is 2.08 bits per heavy atom. The van der Waals surface area contributed by atoms with Crippen molar-refractivity contribution in [3.05, 3.63) is 18.5 Å². The van der Waals surface area contributed by atoms with Crippen molar-refractivity contribution in [3.63, 3.8) is 0 Å². The van der Waals surface area contributed by atoms with E-state index in [1.165, 1.54) is 0 Å². The van der Waals surface area contributed by atoms with Crippen LogP contribution in [-0.4, -0.2) is 41.4 Å². The molecule has 1 aromatic heterocycles. The van der Waals surface area contributed by atoms with Gasteiger partial charge >= 0.3 is 0 Å². The van der Waals surface area contributed by atoms with Crippen LogP contribution in [-0.2, 0) is 4.74 Å². The van der Waals surface area contributed by atoms with E-state index >= 15 is 0 Å². The number of aromatic nitrogens is 2. The summed E-state index contributed by atoms with van der Waals surface area (Å²) in [6, 6.07) is 1.76. The summed E-state index contributed by atoms with van der Waals surface area (Å²) in [4.78, 5) is 7.94. The number of hydrogen-bond donors (Lipinski definition) is 2. The van der Waals surface area contributed by atoms with Crippen LogP contribution >= 0.6 is 0 Å². The molecular weight excluding hydrogens is 170 g/mol. The highest BCUT2D eigenvalue weighted by Crippen LogP contribution is 1.91. The summed E-state index contributed by atoms with van der Waals surface area (Å²) in [5.74, 6) is 0.593. The molecule has 1 rings (SSSR count). The minimum Gasteiger partial charge on any atom is -0.394 e. The predicted octanol–water partition coefficient (Wildman–Crippen LogP) is -0.103. The SMILES string of the molecule is OCCOCCNc1ncccn1. The summed E-state index contributed by atoms with van der Waals surface area (Å²) in [7, 11) is 0. The van der Waals surface area contributed by atoms with Gasteiger partial charge in [0.1, 0.15) is 0 Å². The van der Waals surface area contributed by atoms with Crippen molar-refractivity contribution in [2.24, 2.45) is 0 Å². The van der Waals surface area contributed by atoms with E-state index in [1.54, 1.807) is 18.5 Å². The van der Waals surface area contributed by atoms with Gasteiger partial charge in [-0.3, -0.25) is 0 Å². The van der Waals surface area contributed by atoms with Crippen LogP contribution in [0.25, 0.3) is 0 Å².